The molecule has 0 bridgehead atoms. The van der Waals surface area contributed by atoms with E-state index in [1.807, 2.05) is 30.5 Å². The number of alkyl halides is 1. The smallest absolute Gasteiger partial charge is 0.238 e. The van der Waals surface area contributed by atoms with Crippen LogP contribution in [0, 0.1) is 0 Å². The second kappa shape index (κ2) is 4.66. The van der Waals surface area contributed by atoms with Gasteiger partial charge < -0.3 is 4.90 Å². The van der Waals surface area contributed by atoms with Crippen molar-refractivity contribution in [2.24, 2.45) is 0 Å². The minimum atomic E-state index is -0.424. The van der Waals surface area contributed by atoms with Crippen molar-refractivity contribution in [2.75, 3.05) is 18.8 Å². The van der Waals surface area contributed by atoms with E-state index in [2.05, 4.69) is 29.8 Å². The van der Waals surface area contributed by atoms with Gasteiger partial charge in [0.05, 0.1) is 4.32 Å². The van der Waals surface area contributed by atoms with E-state index < -0.39 is 4.32 Å². The van der Waals surface area contributed by atoms with Crippen LogP contribution in [0.1, 0.15) is 34.1 Å². The fraction of sp³-hybridized carbons (Fsp3) is 0.909. The molecule has 0 unspecified atom stereocenters. The number of hydrogen-bond donors (Lipinski definition) is 0. The van der Waals surface area contributed by atoms with Gasteiger partial charge in [-0.1, -0.05) is 29.8 Å². The minimum Gasteiger partial charge on any atom is -0.341 e. The number of amides is 1. The van der Waals surface area contributed by atoms with Crippen LogP contribution in [0.3, 0.4) is 0 Å². The monoisotopic (exact) mass is 293 g/mol. The zero-order valence-electron chi connectivity index (χ0n) is 9.97. The maximum Gasteiger partial charge on any atom is 0.238 e. The van der Waals surface area contributed by atoms with Gasteiger partial charge in [-0.15, -0.1) is 0 Å². The Morgan fingerprint density at radius 1 is 1.40 bits per heavy atom. The summed E-state index contributed by atoms with van der Waals surface area (Å²) in [6.45, 7) is 10.1. The Kier molecular flexibility index (Phi) is 4.15. The summed E-state index contributed by atoms with van der Waals surface area (Å²) in [5.41, 5.74) is 0. The van der Waals surface area contributed by atoms with Gasteiger partial charge in [-0.2, -0.15) is 11.8 Å². The van der Waals surface area contributed by atoms with Gasteiger partial charge >= 0.3 is 0 Å². The maximum atomic E-state index is 12.1. The van der Waals surface area contributed by atoms with Crippen LogP contribution in [0.25, 0.3) is 0 Å². The molecule has 0 aromatic rings. The topological polar surface area (TPSA) is 20.3 Å². The van der Waals surface area contributed by atoms with E-state index in [9.17, 15) is 4.79 Å². The lowest BCUT2D eigenvalue weighted by atomic mass is 10.1. The molecule has 0 aromatic carbocycles. The van der Waals surface area contributed by atoms with Crippen LogP contribution < -0.4 is 0 Å². The summed E-state index contributed by atoms with van der Waals surface area (Å²) < 4.78 is -0.113. The second-order valence-electron chi connectivity index (χ2n) is 5.12. The molecule has 88 valence electrons. The molecule has 0 N–H and O–H groups in total. The van der Waals surface area contributed by atoms with E-state index >= 15 is 0 Å². The van der Waals surface area contributed by atoms with E-state index in [1.54, 1.807) is 0 Å². The number of halogens is 1. The third-order valence-corrected chi connectivity index (χ3v) is 4.35. The number of thioether (sulfide) groups is 1. The third kappa shape index (κ3) is 3.99. The van der Waals surface area contributed by atoms with Crippen LogP contribution in [-0.4, -0.2) is 38.7 Å². The van der Waals surface area contributed by atoms with E-state index in [1.165, 1.54) is 0 Å². The summed E-state index contributed by atoms with van der Waals surface area (Å²) in [6.07, 6.45) is 1.08. The van der Waals surface area contributed by atoms with Gasteiger partial charge in [0.2, 0.25) is 5.91 Å². The molecule has 0 atom stereocenters. The van der Waals surface area contributed by atoms with Gasteiger partial charge in [-0.3, -0.25) is 4.79 Å². The van der Waals surface area contributed by atoms with Crippen molar-refractivity contribution in [3.63, 3.8) is 0 Å². The number of carbonyl (C=O) groups is 1. The first-order valence-corrected chi connectivity index (χ1v) is 7.12. The van der Waals surface area contributed by atoms with Gasteiger partial charge in [0.1, 0.15) is 0 Å². The molecular weight excluding hydrogens is 274 g/mol. The molecule has 4 heteroatoms. The molecule has 15 heavy (non-hydrogen) atoms. The molecule has 0 aromatic heterocycles. The van der Waals surface area contributed by atoms with E-state index in [0.29, 0.717) is 4.75 Å². The van der Waals surface area contributed by atoms with Crippen molar-refractivity contribution in [3.05, 3.63) is 0 Å². The summed E-state index contributed by atoms with van der Waals surface area (Å²) in [6, 6.07) is 0. The Morgan fingerprint density at radius 2 is 2.00 bits per heavy atom. The maximum absolute atomic E-state index is 12.1. The Labute approximate surface area is 105 Å². The van der Waals surface area contributed by atoms with E-state index in [0.717, 1.165) is 25.3 Å². The Hall–Kier alpha value is 0.300. The molecule has 0 radical (unpaired) electrons. The zero-order valence-corrected chi connectivity index (χ0v) is 12.4. The molecule has 1 fully saturated rings. The summed E-state index contributed by atoms with van der Waals surface area (Å²) in [5, 5.41) is 0. The fourth-order valence-electron chi connectivity index (χ4n) is 1.60. The first-order valence-electron chi connectivity index (χ1n) is 5.35. The third-order valence-electron chi connectivity index (χ3n) is 2.63. The molecule has 2 nitrogen and oxygen atoms in total. The molecule has 1 heterocycles. The summed E-state index contributed by atoms with van der Waals surface area (Å²) >= 11 is 5.40. The quantitative estimate of drug-likeness (QED) is 0.693. The molecule has 1 aliphatic heterocycles. The van der Waals surface area contributed by atoms with Gasteiger partial charge in [-0.05, 0) is 20.3 Å². The van der Waals surface area contributed by atoms with Gasteiger partial charge in [0.25, 0.3) is 0 Å². The minimum absolute atomic E-state index is 0.209. The average molecular weight is 294 g/mol. The van der Waals surface area contributed by atoms with Crippen LogP contribution in [0.15, 0.2) is 0 Å². The molecule has 1 saturated heterocycles. The highest BCUT2D eigenvalue weighted by atomic mass is 79.9. The first kappa shape index (κ1) is 13.4. The molecule has 1 aliphatic rings. The van der Waals surface area contributed by atoms with Crippen LogP contribution in [-0.2, 0) is 4.79 Å². The van der Waals surface area contributed by atoms with E-state index in [4.69, 9.17) is 0 Å². The highest BCUT2D eigenvalue weighted by Crippen LogP contribution is 2.31. The van der Waals surface area contributed by atoms with Crippen LogP contribution in [0.2, 0.25) is 0 Å². The van der Waals surface area contributed by atoms with Crippen LogP contribution in [0.5, 0.6) is 0 Å². The van der Waals surface area contributed by atoms with Crippen molar-refractivity contribution < 1.29 is 4.79 Å². The summed E-state index contributed by atoms with van der Waals surface area (Å²) in [5.74, 6) is 1.25. The molecule has 0 aliphatic carbocycles. The molecule has 1 amide bonds. The van der Waals surface area contributed by atoms with Crippen LogP contribution in [0.4, 0.5) is 0 Å². The Balaban J connectivity index is 2.62. The Bertz CT molecular complexity index is 247. The van der Waals surface area contributed by atoms with Crippen LogP contribution >= 0.6 is 27.7 Å². The standard InChI is InChI=1S/C11H20BrNOS/c1-10(2)5-6-13(7-8-15-10)9(14)11(3,4)12/h5-8H2,1-4H3. The molecule has 0 spiro atoms. The summed E-state index contributed by atoms with van der Waals surface area (Å²) in [4.78, 5) is 14.0. The number of rotatable bonds is 1. The van der Waals surface area contributed by atoms with Crippen molar-refractivity contribution in [1.29, 1.82) is 0 Å². The molecular formula is C11H20BrNOS. The fourth-order valence-corrected chi connectivity index (χ4v) is 2.95. The van der Waals surface area contributed by atoms with Crippen molar-refractivity contribution >= 4 is 33.6 Å². The predicted molar refractivity (Wildman–Crippen MR) is 70.7 cm³/mol. The highest BCUT2D eigenvalue weighted by molar-refractivity contribution is 9.10. The lowest BCUT2D eigenvalue weighted by Crippen LogP contribution is -2.43. The lowest BCUT2D eigenvalue weighted by Gasteiger charge is -2.27. The van der Waals surface area contributed by atoms with Crippen molar-refractivity contribution in [1.82, 2.24) is 4.90 Å². The zero-order chi connectivity index (χ0) is 11.7. The largest absolute Gasteiger partial charge is 0.341 e. The predicted octanol–water partition coefficient (Wildman–Crippen LogP) is 2.90. The lowest BCUT2D eigenvalue weighted by molar-refractivity contribution is -0.132. The van der Waals surface area contributed by atoms with Crippen molar-refractivity contribution in [2.45, 2.75) is 43.2 Å². The number of hydrogen-bond acceptors (Lipinski definition) is 2. The van der Waals surface area contributed by atoms with Gasteiger partial charge in [0.15, 0.2) is 0 Å². The normalized spacial score (nSPS) is 22.3. The Morgan fingerprint density at radius 3 is 2.53 bits per heavy atom. The van der Waals surface area contributed by atoms with E-state index in [-0.39, 0.29) is 5.91 Å². The van der Waals surface area contributed by atoms with Crippen molar-refractivity contribution in [3.8, 4) is 0 Å². The molecule has 0 saturated carbocycles. The van der Waals surface area contributed by atoms with Gasteiger partial charge in [0, 0.05) is 23.6 Å². The molecule has 1 rings (SSSR count). The average Bonchev–Trinajstić information content (AvgIpc) is 2.23. The second-order valence-corrected chi connectivity index (χ2v) is 8.91. The number of carbonyl (C=O) groups excluding carboxylic acids is 1. The van der Waals surface area contributed by atoms with Gasteiger partial charge in [-0.25, -0.2) is 0 Å². The first-order chi connectivity index (χ1) is 6.72. The SMILES string of the molecule is CC1(C)CCN(C(=O)C(C)(C)Br)CCS1. The number of nitrogens with zero attached hydrogens (tertiary/aromatic N) is 1. The summed E-state index contributed by atoms with van der Waals surface area (Å²) in [7, 11) is 0. The highest BCUT2D eigenvalue weighted by Gasteiger charge is 2.32.